The van der Waals surface area contributed by atoms with Crippen molar-refractivity contribution in [1.29, 1.82) is 0 Å². The van der Waals surface area contributed by atoms with Crippen LogP contribution in [0, 0.1) is 0 Å². The Balaban J connectivity index is 1.61. The van der Waals surface area contributed by atoms with Gasteiger partial charge in [0, 0.05) is 6.20 Å². The number of anilines is 1. The number of rotatable bonds is 6. The van der Waals surface area contributed by atoms with Crippen molar-refractivity contribution in [3.05, 3.63) is 24.3 Å². The average Bonchev–Trinajstić information content (AvgIpc) is 3.57. The van der Waals surface area contributed by atoms with Gasteiger partial charge in [0.1, 0.15) is 18.3 Å². The van der Waals surface area contributed by atoms with Crippen LogP contribution in [0.1, 0.15) is 35.8 Å². The summed E-state index contributed by atoms with van der Waals surface area (Å²) >= 11 is 0. The van der Waals surface area contributed by atoms with Crippen molar-refractivity contribution in [2.45, 2.75) is 55.9 Å². The van der Waals surface area contributed by atoms with Crippen LogP contribution in [0.3, 0.4) is 0 Å². The maximum Gasteiger partial charge on any atom is 0.338 e. The van der Waals surface area contributed by atoms with Gasteiger partial charge in [-0.2, -0.15) is 15.1 Å². The van der Waals surface area contributed by atoms with E-state index >= 15 is 0 Å². The third kappa shape index (κ3) is 3.71. The zero-order valence-electron chi connectivity index (χ0n) is 17.3. The number of carboxylic acid groups (broad SMARTS) is 1. The van der Waals surface area contributed by atoms with Crippen molar-refractivity contribution in [2.24, 2.45) is 0 Å². The molecule has 14 nitrogen and oxygen atoms in total. The minimum atomic E-state index is -1.35. The first-order valence-corrected chi connectivity index (χ1v) is 10.5. The molecule has 1 saturated heterocycles. The molecule has 1 aliphatic carbocycles. The van der Waals surface area contributed by atoms with Gasteiger partial charge >= 0.3 is 5.97 Å². The monoisotopic (exact) mass is 461 g/mol. The number of hydrogen-bond acceptors (Lipinski definition) is 11. The van der Waals surface area contributed by atoms with Gasteiger partial charge in [-0.05, 0) is 19.3 Å². The summed E-state index contributed by atoms with van der Waals surface area (Å²) in [6.45, 7) is -0.487. The van der Waals surface area contributed by atoms with E-state index in [-0.39, 0.29) is 23.2 Å². The van der Waals surface area contributed by atoms with E-state index in [1.54, 1.807) is 0 Å². The third-order valence-electron chi connectivity index (χ3n) is 6.04. The number of aliphatic hydroxyl groups excluding tert-OH is 4. The van der Waals surface area contributed by atoms with E-state index in [1.807, 2.05) is 0 Å². The number of fused-ring (bicyclic) bond motifs is 1. The quantitative estimate of drug-likeness (QED) is 0.252. The topological polar surface area (TPSA) is 201 Å². The van der Waals surface area contributed by atoms with E-state index in [9.17, 15) is 30.3 Å². The number of carbonyl (C=O) groups is 1. The Labute approximate surface area is 186 Å². The zero-order chi connectivity index (χ0) is 23.3. The zero-order valence-corrected chi connectivity index (χ0v) is 17.3. The van der Waals surface area contributed by atoms with Gasteiger partial charge in [-0.3, -0.25) is 4.57 Å². The normalized spacial score (nSPS) is 29.7. The molecule has 0 amide bonds. The van der Waals surface area contributed by atoms with Gasteiger partial charge in [-0.15, -0.1) is 0 Å². The molecule has 6 N–H and O–H groups in total. The standard InChI is InChI=1S/C19H23N7O7/c27-6-11-13(29)14(30)17(33-11)25-7-20-12-15(22-9-2-1-3-10(9)28)23-19(24-16(12)25)26-5-8(4-21-26)18(31)32/h4-5,7,9-11,13-14,17,27-30H,1-3,6H2,(H,31,32)(H,22,23,24)/t9?,10?,11-,13-,14-,17-/m1/s1. The lowest BCUT2D eigenvalue weighted by molar-refractivity contribution is -0.0511. The molecule has 14 heteroatoms. The highest BCUT2D eigenvalue weighted by atomic mass is 16.6. The number of ether oxygens (including phenoxy) is 1. The van der Waals surface area contributed by atoms with Crippen molar-refractivity contribution in [3.8, 4) is 5.95 Å². The predicted molar refractivity (Wildman–Crippen MR) is 110 cm³/mol. The molecule has 176 valence electrons. The molecule has 6 atom stereocenters. The molecular weight excluding hydrogens is 438 g/mol. The smallest absolute Gasteiger partial charge is 0.338 e. The largest absolute Gasteiger partial charge is 0.478 e. The molecule has 2 aliphatic rings. The number of aliphatic hydroxyl groups is 4. The van der Waals surface area contributed by atoms with Crippen molar-refractivity contribution < 1.29 is 35.1 Å². The lowest BCUT2D eigenvalue weighted by atomic mass is 10.1. The molecule has 0 radical (unpaired) electrons. The van der Waals surface area contributed by atoms with Crippen molar-refractivity contribution in [3.63, 3.8) is 0 Å². The first-order chi connectivity index (χ1) is 15.9. The number of aromatic carboxylic acids is 1. The molecule has 0 aromatic carbocycles. The van der Waals surface area contributed by atoms with E-state index in [2.05, 4.69) is 25.4 Å². The number of nitrogens with zero attached hydrogens (tertiary/aromatic N) is 6. The molecule has 2 unspecified atom stereocenters. The summed E-state index contributed by atoms with van der Waals surface area (Å²) in [4.78, 5) is 24.5. The highest BCUT2D eigenvalue weighted by molar-refractivity contribution is 5.87. The summed E-state index contributed by atoms with van der Waals surface area (Å²) in [6.07, 6.45) is 0.704. The molecule has 3 aromatic heterocycles. The van der Waals surface area contributed by atoms with Gasteiger partial charge in [-0.1, -0.05) is 0 Å². The maximum atomic E-state index is 11.3. The molecule has 4 heterocycles. The molecule has 1 aliphatic heterocycles. The first-order valence-electron chi connectivity index (χ1n) is 10.5. The number of aromatic nitrogens is 6. The summed E-state index contributed by atoms with van der Waals surface area (Å²) in [6, 6.07) is -0.262. The summed E-state index contributed by atoms with van der Waals surface area (Å²) in [7, 11) is 0. The van der Waals surface area contributed by atoms with E-state index in [1.165, 1.54) is 21.8 Å². The molecule has 0 spiro atoms. The van der Waals surface area contributed by atoms with Crippen LogP contribution in [0.15, 0.2) is 18.7 Å². The summed E-state index contributed by atoms with van der Waals surface area (Å²) in [5, 5.41) is 56.7. The lowest BCUT2D eigenvalue weighted by Crippen LogP contribution is -2.33. The van der Waals surface area contributed by atoms with Gasteiger partial charge in [-0.25, -0.2) is 14.5 Å². The van der Waals surface area contributed by atoms with Crippen LogP contribution < -0.4 is 5.32 Å². The number of imidazole rings is 1. The highest BCUT2D eigenvalue weighted by Crippen LogP contribution is 2.33. The van der Waals surface area contributed by atoms with E-state index in [0.29, 0.717) is 17.8 Å². The predicted octanol–water partition coefficient (Wildman–Crippen LogP) is -1.35. The Hall–Kier alpha value is -3.17. The maximum absolute atomic E-state index is 11.3. The van der Waals surface area contributed by atoms with Gasteiger partial charge in [0.15, 0.2) is 23.2 Å². The SMILES string of the molecule is O=C(O)c1cnn(-c2nc(NC3CCCC3O)c3ncn([C@@H]4O[C@H](CO)[C@@H](O)[C@H]4O)c3n2)c1. The highest BCUT2D eigenvalue weighted by Gasteiger charge is 2.44. The minimum Gasteiger partial charge on any atom is -0.478 e. The van der Waals surface area contributed by atoms with Crippen LogP contribution >= 0.6 is 0 Å². The molecular formula is C19H23N7O7. The molecule has 1 saturated carbocycles. The average molecular weight is 461 g/mol. The fourth-order valence-electron chi connectivity index (χ4n) is 4.23. The van der Waals surface area contributed by atoms with Crippen LogP contribution in [0.4, 0.5) is 5.82 Å². The lowest BCUT2D eigenvalue weighted by Gasteiger charge is -2.19. The molecule has 2 fully saturated rings. The van der Waals surface area contributed by atoms with Crippen LogP contribution in [-0.2, 0) is 4.74 Å². The Morgan fingerprint density at radius 3 is 2.67 bits per heavy atom. The Kier molecular flexibility index (Phi) is 5.46. The van der Waals surface area contributed by atoms with Gasteiger partial charge < -0.3 is 35.6 Å². The fourth-order valence-corrected chi connectivity index (χ4v) is 4.23. The van der Waals surface area contributed by atoms with Gasteiger partial charge in [0.2, 0.25) is 0 Å². The Bertz CT molecular complexity index is 1180. The van der Waals surface area contributed by atoms with Gasteiger partial charge in [0.25, 0.3) is 5.95 Å². The number of hydrogen-bond donors (Lipinski definition) is 6. The number of nitrogens with one attached hydrogen (secondary N) is 1. The van der Waals surface area contributed by atoms with Crippen molar-refractivity contribution in [1.82, 2.24) is 29.3 Å². The molecule has 33 heavy (non-hydrogen) atoms. The fraction of sp³-hybridized carbons (Fsp3) is 0.526. The van der Waals surface area contributed by atoms with Crippen molar-refractivity contribution >= 4 is 23.0 Å². The Morgan fingerprint density at radius 1 is 1.21 bits per heavy atom. The summed E-state index contributed by atoms with van der Waals surface area (Å²) in [5.41, 5.74) is 0.481. The van der Waals surface area contributed by atoms with Crippen LogP contribution in [0.2, 0.25) is 0 Å². The first kappa shape index (κ1) is 21.7. The molecule has 5 rings (SSSR count). The minimum absolute atomic E-state index is 0.0264. The van der Waals surface area contributed by atoms with E-state index < -0.39 is 43.2 Å². The second kappa shape index (κ2) is 8.31. The van der Waals surface area contributed by atoms with Gasteiger partial charge in [0.05, 0.1) is 36.8 Å². The second-order valence-corrected chi connectivity index (χ2v) is 8.15. The second-order valence-electron chi connectivity index (χ2n) is 8.15. The molecule has 0 bridgehead atoms. The third-order valence-corrected chi connectivity index (χ3v) is 6.04. The number of carboxylic acids is 1. The van der Waals surface area contributed by atoms with Crippen LogP contribution in [0.5, 0.6) is 0 Å². The van der Waals surface area contributed by atoms with Crippen LogP contribution in [-0.4, -0.2) is 97.9 Å². The van der Waals surface area contributed by atoms with Crippen molar-refractivity contribution in [2.75, 3.05) is 11.9 Å². The molecule has 3 aromatic rings. The summed E-state index contributed by atoms with van der Waals surface area (Å²) in [5.74, 6) is -0.844. The summed E-state index contributed by atoms with van der Waals surface area (Å²) < 4.78 is 8.20. The van der Waals surface area contributed by atoms with E-state index in [4.69, 9.17) is 4.74 Å². The van der Waals surface area contributed by atoms with E-state index in [0.717, 1.165) is 19.0 Å². The Morgan fingerprint density at radius 2 is 2.03 bits per heavy atom. The van der Waals surface area contributed by atoms with Crippen LogP contribution in [0.25, 0.3) is 17.1 Å².